The molecule has 1 aromatic heterocycles. The predicted octanol–water partition coefficient (Wildman–Crippen LogP) is 3.94. The summed E-state index contributed by atoms with van der Waals surface area (Å²) in [5.41, 5.74) is 1.11. The quantitative estimate of drug-likeness (QED) is 0.389. The third kappa shape index (κ3) is 8.21. The van der Waals surface area contributed by atoms with Crippen LogP contribution in [0.4, 0.5) is 30.6 Å². The Balaban J connectivity index is 2.35. The SMILES string of the molecule is CC#CC(/C=C\C)=N/c1cnc(N[C@H](C)c2ccc(S(N)(=O)=O)cc2)nc1NCC(F)(F)F. The number of nitrogens with two attached hydrogens (primary N) is 1. The largest absolute Gasteiger partial charge is 0.405 e. The Morgan fingerprint density at radius 1 is 1.30 bits per heavy atom. The highest BCUT2D eigenvalue weighted by Crippen LogP contribution is 2.27. The van der Waals surface area contributed by atoms with Crippen LogP contribution >= 0.6 is 0 Å². The molecule has 0 aliphatic rings. The van der Waals surface area contributed by atoms with Crippen LogP contribution in [-0.4, -0.2) is 36.8 Å². The Morgan fingerprint density at radius 2 is 1.97 bits per heavy atom. The molecule has 1 atom stereocenters. The number of hydrogen-bond donors (Lipinski definition) is 3. The molecule has 1 heterocycles. The summed E-state index contributed by atoms with van der Waals surface area (Å²) in [5.74, 6) is 5.37. The molecule has 0 unspecified atom stereocenters. The molecule has 1 aromatic carbocycles. The summed E-state index contributed by atoms with van der Waals surface area (Å²) < 4.78 is 61.1. The molecule has 0 amide bonds. The van der Waals surface area contributed by atoms with E-state index in [0.717, 1.165) is 0 Å². The Hall–Kier alpha value is -3.43. The number of sulfonamides is 1. The van der Waals surface area contributed by atoms with Crippen molar-refractivity contribution >= 4 is 33.2 Å². The Morgan fingerprint density at radius 3 is 2.52 bits per heavy atom. The van der Waals surface area contributed by atoms with Crippen molar-refractivity contribution in [2.45, 2.75) is 37.9 Å². The number of alkyl halides is 3. The standard InChI is InChI=1S/C21H23F3N6O2S/c1-4-6-16(7-5-2)29-18-12-26-20(30-19(18)27-13-21(22,23)24)28-14(3)15-8-10-17(11-9-15)33(25,31)32/h4,6,8-12,14H,13H2,1-3H3,(H2,25,31,32)(H2,26,27,28,30)/b6-4-,29-16+/t14-/m1/s1. The van der Waals surface area contributed by atoms with E-state index < -0.39 is 28.8 Å². The molecule has 2 aromatic rings. The molecule has 176 valence electrons. The summed E-state index contributed by atoms with van der Waals surface area (Å²) >= 11 is 0. The number of aliphatic imine (C=N–C) groups is 1. The Kier molecular flexibility index (Phi) is 8.56. The molecule has 12 heteroatoms. The molecule has 0 aliphatic carbocycles. The Labute approximate surface area is 190 Å². The van der Waals surface area contributed by atoms with E-state index in [1.54, 1.807) is 45.1 Å². The summed E-state index contributed by atoms with van der Waals surface area (Å²) in [6.07, 6.45) is 0.133. The van der Waals surface area contributed by atoms with Crippen LogP contribution in [0.15, 0.2) is 52.5 Å². The number of allylic oxidation sites excluding steroid dienone is 2. The molecule has 0 spiro atoms. The van der Waals surface area contributed by atoms with Crippen molar-refractivity contribution in [2.75, 3.05) is 17.2 Å². The molecule has 0 radical (unpaired) electrons. The van der Waals surface area contributed by atoms with Crippen molar-refractivity contribution in [3.8, 4) is 11.8 Å². The second kappa shape index (κ2) is 10.9. The first kappa shape index (κ1) is 25.8. The zero-order chi connectivity index (χ0) is 24.6. The third-order valence-electron chi connectivity index (χ3n) is 4.10. The van der Waals surface area contributed by atoms with Crippen molar-refractivity contribution in [1.29, 1.82) is 0 Å². The molecule has 0 fully saturated rings. The van der Waals surface area contributed by atoms with Gasteiger partial charge in [0.1, 0.15) is 17.9 Å². The van der Waals surface area contributed by atoms with E-state index in [1.807, 2.05) is 0 Å². The molecule has 2 rings (SSSR count). The summed E-state index contributed by atoms with van der Waals surface area (Å²) in [7, 11) is -3.82. The van der Waals surface area contributed by atoms with E-state index in [-0.39, 0.29) is 22.3 Å². The number of anilines is 2. The van der Waals surface area contributed by atoms with Crippen LogP contribution < -0.4 is 15.8 Å². The first-order valence-corrected chi connectivity index (χ1v) is 11.2. The lowest BCUT2D eigenvalue weighted by molar-refractivity contribution is -0.115. The molecule has 0 saturated heterocycles. The molecule has 33 heavy (non-hydrogen) atoms. The lowest BCUT2D eigenvalue weighted by Gasteiger charge is -2.16. The number of benzene rings is 1. The van der Waals surface area contributed by atoms with Gasteiger partial charge in [0.25, 0.3) is 0 Å². The fourth-order valence-corrected chi connectivity index (χ4v) is 3.10. The van der Waals surface area contributed by atoms with Gasteiger partial charge in [-0.1, -0.05) is 24.1 Å². The molecule has 0 bridgehead atoms. The van der Waals surface area contributed by atoms with Crippen molar-refractivity contribution in [3.63, 3.8) is 0 Å². The van der Waals surface area contributed by atoms with Crippen LogP contribution in [0, 0.1) is 11.8 Å². The van der Waals surface area contributed by atoms with Gasteiger partial charge in [0.05, 0.1) is 17.1 Å². The van der Waals surface area contributed by atoms with Crippen LogP contribution in [0.5, 0.6) is 0 Å². The number of primary sulfonamides is 1. The number of rotatable bonds is 8. The summed E-state index contributed by atoms with van der Waals surface area (Å²) in [6.45, 7) is 3.82. The van der Waals surface area contributed by atoms with Crippen molar-refractivity contribution in [1.82, 2.24) is 9.97 Å². The first-order chi connectivity index (χ1) is 15.4. The van der Waals surface area contributed by atoms with Gasteiger partial charge < -0.3 is 10.6 Å². The van der Waals surface area contributed by atoms with Crippen molar-refractivity contribution in [2.24, 2.45) is 10.1 Å². The molecular weight excluding hydrogens is 457 g/mol. The second-order valence-corrected chi connectivity index (χ2v) is 8.31. The average molecular weight is 481 g/mol. The van der Waals surface area contributed by atoms with E-state index >= 15 is 0 Å². The highest BCUT2D eigenvalue weighted by atomic mass is 32.2. The number of nitrogens with one attached hydrogen (secondary N) is 2. The first-order valence-electron chi connectivity index (χ1n) is 9.64. The highest BCUT2D eigenvalue weighted by Gasteiger charge is 2.27. The lowest BCUT2D eigenvalue weighted by atomic mass is 10.1. The zero-order valence-electron chi connectivity index (χ0n) is 18.1. The van der Waals surface area contributed by atoms with Gasteiger partial charge in [-0.05, 0) is 50.5 Å². The van der Waals surface area contributed by atoms with E-state index in [9.17, 15) is 21.6 Å². The van der Waals surface area contributed by atoms with E-state index in [1.165, 1.54) is 18.3 Å². The van der Waals surface area contributed by atoms with Gasteiger partial charge in [-0.2, -0.15) is 18.2 Å². The van der Waals surface area contributed by atoms with Gasteiger partial charge in [-0.15, -0.1) is 0 Å². The van der Waals surface area contributed by atoms with Gasteiger partial charge in [-0.3, -0.25) is 0 Å². The molecule has 4 N–H and O–H groups in total. The number of hydrogen-bond acceptors (Lipinski definition) is 7. The highest BCUT2D eigenvalue weighted by molar-refractivity contribution is 7.89. The maximum Gasteiger partial charge on any atom is 0.405 e. The number of aromatic nitrogens is 2. The monoisotopic (exact) mass is 480 g/mol. The second-order valence-electron chi connectivity index (χ2n) is 6.75. The normalized spacial score (nSPS) is 13.4. The fourth-order valence-electron chi connectivity index (χ4n) is 2.59. The minimum Gasteiger partial charge on any atom is -0.359 e. The topological polar surface area (TPSA) is 122 Å². The minimum atomic E-state index is -4.47. The van der Waals surface area contributed by atoms with Gasteiger partial charge in [0.2, 0.25) is 16.0 Å². The van der Waals surface area contributed by atoms with Gasteiger partial charge in [0.15, 0.2) is 5.82 Å². The van der Waals surface area contributed by atoms with Gasteiger partial charge >= 0.3 is 6.18 Å². The van der Waals surface area contributed by atoms with Crippen LogP contribution in [0.2, 0.25) is 0 Å². The molecule has 0 saturated carbocycles. The van der Waals surface area contributed by atoms with Crippen molar-refractivity contribution < 1.29 is 21.6 Å². The van der Waals surface area contributed by atoms with Crippen LogP contribution in [0.25, 0.3) is 0 Å². The predicted molar refractivity (Wildman–Crippen MR) is 122 cm³/mol. The van der Waals surface area contributed by atoms with E-state index in [2.05, 4.69) is 37.4 Å². The summed E-state index contributed by atoms with van der Waals surface area (Å²) in [4.78, 5) is 12.5. The molecular formula is C21H23F3N6O2S. The van der Waals surface area contributed by atoms with Gasteiger partial charge in [-0.25, -0.2) is 23.5 Å². The average Bonchev–Trinajstić information content (AvgIpc) is 2.73. The maximum atomic E-state index is 12.8. The Bertz CT molecular complexity index is 1200. The van der Waals surface area contributed by atoms with Crippen molar-refractivity contribution in [3.05, 3.63) is 48.2 Å². The number of nitrogens with zero attached hydrogens (tertiary/aromatic N) is 3. The van der Waals surface area contributed by atoms with E-state index in [4.69, 9.17) is 5.14 Å². The maximum absolute atomic E-state index is 12.8. The zero-order valence-corrected chi connectivity index (χ0v) is 18.9. The third-order valence-corrected chi connectivity index (χ3v) is 5.03. The lowest BCUT2D eigenvalue weighted by Crippen LogP contribution is -2.22. The fraction of sp³-hybridized carbons (Fsp3) is 0.286. The van der Waals surface area contributed by atoms with Crippen LogP contribution in [0.1, 0.15) is 32.4 Å². The molecule has 8 nitrogen and oxygen atoms in total. The smallest absolute Gasteiger partial charge is 0.359 e. The van der Waals surface area contributed by atoms with Crippen LogP contribution in [0.3, 0.4) is 0 Å². The number of halogens is 3. The molecule has 0 aliphatic heterocycles. The van der Waals surface area contributed by atoms with Gasteiger partial charge in [0, 0.05) is 0 Å². The minimum absolute atomic E-state index is 0.0392. The van der Waals surface area contributed by atoms with E-state index in [0.29, 0.717) is 11.3 Å². The summed E-state index contributed by atoms with van der Waals surface area (Å²) in [6, 6.07) is 5.44. The summed E-state index contributed by atoms with van der Waals surface area (Å²) in [5, 5.41) is 10.3. The van der Waals surface area contributed by atoms with Crippen LogP contribution in [-0.2, 0) is 10.0 Å².